The van der Waals surface area contributed by atoms with E-state index in [-0.39, 0.29) is 0 Å². The highest BCUT2D eigenvalue weighted by Gasteiger charge is 2.27. The van der Waals surface area contributed by atoms with E-state index in [0.717, 1.165) is 17.3 Å². The summed E-state index contributed by atoms with van der Waals surface area (Å²) in [6.07, 6.45) is 2.76. The Labute approximate surface area is 85.7 Å². The highest BCUT2D eigenvalue weighted by Crippen LogP contribution is 2.34. The first kappa shape index (κ1) is 9.50. The van der Waals surface area contributed by atoms with Crippen molar-refractivity contribution in [2.24, 2.45) is 5.92 Å². The average molecular weight is 190 g/mol. The van der Waals surface area contributed by atoms with E-state index in [4.69, 9.17) is 0 Å². The van der Waals surface area contributed by atoms with E-state index in [2.05, 4.69) is 36.3 Å². The first-order valence-corrected chi connectivity index (χ1v) is 5.37. The molecule has 1 aromatic rings. The van der Waals surface area contributed by atoms with Crippen LogP contribution in [-0.4, -0.2) is 11.0 Å². The number of rotatable bonds is 3. The second kappa shape index (κ2) is 3.60. The summed E-state index contributed by atoms with van der Waals surface area (Å²) >= 11 is 0. The maximum atomic E-state index is 4.44. The number of hydrogen-bond donors (Lipinski definition) is 1. The zero-order valence-electron chi connectivity index (χ0n) is 9.17. The van der Waals surface area contributed by atoms with Crippen LogP contribution in [0.4, 0.5) is 5.69 Å². The summed E-state index contributed by atoms with van der Waals surface area (Å²) in [6, 6.07) is 4.80. The zero-order valence-corrected chi connectivity index (χ0v) is 9.17. The zero-order chi connectivity index (χ0) is 10.1. The van der Waals surface area contributed by atoms with Gasteiger partial charge in [0.1, 0.15) is 0 Å². The number of anilines is 1. The van der Waals surface area contributed by atoms with Crippen molar-refractivity contribution in [2.45, 2.75) is 39.7 Å². The molecule has 1 aromatic heterocycles. The fraction of sp³-hybridized carbons (Fsp3) is 0.583. The second-order valence-corrected chi connectivity index (χ2v) is 4.36. The molecule has 0 aromatic carbocycles. The third kappa shape index (κ3) is 2.06. The second-order valence-electron chi connectivity index (χ2n) is 4.36. The van der Waals surface area contributed by atoms with Gasteiger partial charge < -0.3 is 5.32 Å². The van der Waals surface area contributed by atoms with Gasteiger partial charge in [-0.3, -0.25) is 4.98 Å². The van der Waals surface area contributed by atoms with Crippen molar-refractivity contribution in [1.82, 2.24) is 4.98 Å². The molecule has 1 N–H and O–H groups in total. The van der Waals surface area contributed by atoms with Crippen LogP contribution in [0.25, 0.3) is 0 Å². The molecule has 1 aliphatic rings. The summed E-state index contributed by atoms with van der Waals surface area (Å²) in [6.45, 7) is 6.35. The molecule has 1 saturated carbocycles. The average Bonchev–Trinajstić information content (AvgIpc) is 2.92. The molecule has 1 fully saturated rings. The minimum Gasteiger partial charge on any atom is -0.381 e. The van der Waals surface area contributed by atoms with Crippen LogP contribution in [0.3, 0.4) is 0 Å². The molecule has 0 amide bonds. The number of nitrogens with zero attached hydrogens (tertiary/aromatic N) is 1. The van der Waals surface area contributed by atoms with Crippen LogP contribution < -0.4 is 5.32 Å². The molecule has 14 heavy (non-hydrogen) atoms. The summed E-state index contributed by atoms with van der Waals surface area (Å²) in [7, 11) is 0. The fourth-order valence-corrected chi connectivity index (χ4v) is 1.80. The lowest BCUT2D eigenvalue weighted by atomic mass is 10.2. The molecule has 2 heteroatoms. The Kier molecular flexibility index (Phi) is 2.44. The number of hydrogen-bond acceptors (Lipinski definition) is 2. The van der Waals surface area contributed by atoms with Crippen molar-refractivity contribution < 1.29 is 0 Å². The van der Waals surface area contributed by atoms with Gasteiger partial charge in [0.2, 0.25) is 0 Å². The Morgan fingerprint density at radius 2 is 2.07 bits per heavy atom. The number of aromatic nitrogens is 1. The van der Waals surface area contributed by atoms with Gasteiger partial charge in [-0.1, -0.05) is 0 Å². The van der Waals surface area contributed by atoms with Crippen molar-refractivity contribution in [2.75, 3.05) is 5.32 Å². The lowest BCUT2D eigenvalue weighted by Crippen LogP contribution is -2.18. The van der Waals surface area contributed by atoms with Gasteiger partial charge in [0.15, 0.2) is 0 Å². The maximum Gasteiger partial charge on any atom is 0.0606 e. The van der Waals surface area contributed by atoms with E-state index in [1.165, 1.54) is 18.5 Å². The molecule has 0 bridgehead atoms. The largest absolute Gasteiger partial charge is 0.381 e. The van der Waals surface area contributed by atoms with E-state index >= 15 is 0 Å². The van der Waals surface area contributed by atoms with Gasteiger partial charge >= 0.3 is 0 Å². The molecule has 0 saturated heterocycles. The van der Waals surface area contributed by atoms with Gasteiger partial charge in [-0.25, -0.2) is 0 Å². The SMILES string of the molecule is Cc1ccc(NC(C)C2CC2)c(C)n1. The Bertz CT molecular complexity index is 329. The van der Waals surface area contributed by atoms with Crippen molar-refractivity contribution in [3.05, 3.63) is 23.5 Å². The van der Waals surface area contributed by atoms with Gasteiger partial charge in [0.25, 0.3) is 0 Å². The molecular formula is C12H18N2. The van der Waals surface area contributed by atoms with Gasteiger partial charge in [0, 0.05) is 11.7 Å². The van der Waals surface area contributed by atoms with Gasteiger partial charge in [-0.2, -0.15) is 0 Å². The maximum absolute atomic E-state index is 4.44. The van der Waals surface area contributed by atoms with E-state index in [0.29, 0.717) is 6.04 Å². The highest BCUT2D eigenvalue weighted by molar-refractivity contribution is 5.48. The van der Waals surface area contributed by atoms with E-state index in [9.17, 15) is 0 Å². The van der Waals surface area contributed by atoms with Crippen LogP contribution in [0.1, 0.15) is 31.2 Å². The van der Waals surface area contributed by atoms with Crippen LogP contribution in [0.5, 0.6) is 0 Å². The summed E-state index contributed by atoms with van der Waals surface area (Å²) in [4.78, 5) is 4.44. The minimum absolute atomic E-state index is 0.596. The third-order valence-corrected chi connectivity index (χ3v) is 2.94. The molecule has 0 aliphatic heterocycles. The molecular weight excluding hydrogens is 172 g/mol. The van der Waals surface area contributed by atoms with Gasteiger partial charge in [-0.05, 0) is 51.7 Å². The molecule has 1 atom stereocenters. The minimum atomic E-state index is 0.596. The van der Waals surface area contributed by atoms with E-state index in [1.807, 2.05) is 6.92 Å². The Hall–Kier alpha value is -1.05. The lowest BCUT2D eigenvalue weighted by Gasteiger charge is -2.15. The number of pyridine rings is 1. The predicted molar refractivity (Wildman–Crippen MR) is 59.5 cm³/mol. The van der Waals surface area contributed by atoms with Gasteiger partial charge in [0.05, 0.1) is 11.4 Å². The summed E-state index contributed by atoms with van der Waals surface area (Å²) in [5.41, 5.74) is 3.39. The monoisotopic (exact) mass is 190 g/mol. The van der Waals surface area contributed by atoms with Gasteiger partial charge in [-0.15, -0.1) is 0 Å². The normalized spacial score (nSPS) is 17.9. The molecule has 2 nitrogen and oxygen atoms in total. The van der Waals surface area contributed by atoms with Crippen LogP contribution >= 0.6 is 0 Å². The van der Waals surface area contributed by atoms with Crippen molar-refractivity contribution >= 4 is 5.69 Å². The fourth-order valence-electron chi connectivity index (χ4n) is 1.80. The highest BCUT2D eigenvalue weighted by atomic mass is 14.9. The van der Waals surface area contributed by atoms with Crippen LogP contribution in [0.2, 0.25) is 0 Å². The summed E-state index contributed by atoms with van der Waals surface area (Å²) in [5.74, 6) is 0.885. The predicted octanol–water partition coefficient (Wildman–Crippen LogP) is 2.91. The number of aryl methyl sites for hydroxylation is 2. The van der Waals surface area contributed by atoms with E-state index in [1.54, 1.807) is 0 Å². The number of nitrogens with one attached hydrogen (secondary N) is 1. The standard InChI is InChI=1S/C12H18N2/c1-8-4-7-12(10(3)13-8)14-9(2)11-5-6-11/h4,7,9,11,14H,5-6H2,1-3H3. The molecule has 1 unspecified atom stereocenters. The Morgan fingerprint density at radius 3 is 2.64 bits per heavy atom. The van der Waals surface area contributed by atoms with Crippen molar-refractivity contribution in [3.63, 3.8) is 0 Å². The summed E-state index contributed by atoms with van der Waals surface area (Å²) < 4.78 is 0. The Morgan fingerprint density at radius 1 is 1.36 bits per heavy atom. The quantitative estimate of drug-likeness (QED) is 0.792. The molecule has 2 rings (SSSR count). The van der Waals surface area contributed by atoms with Crippen LogP contribution in [-0.2, 0) is 0 Å². The third-order valence-electron chi connectivity index (χ3n) is 2.94. The first-order chi connectivity index (χ1) is 6.66. The van der Waals surface area contributed by atoms with E-state index < -0.39 is 0 Å². The Balaban J connectivity index is 2.07. The van der Waals surface area contributed by atoms with Crippen LogP contribution in [0, 0.1) is 19.8 Å². The van der Waals surface area contributed by atoms with Crippen molar-refractivity contribution in [3.8, 4) is 0 Å². The molecule has 0 spiro atoms. The topological polar surface area (TPSA) is 24.9 Å². The molecule has 0 radical (unpaired) electrons. The summed E-state index contributed by atoms with van der Waals surface area (Å²) in [5, 5.41) is 3.54. The first-order valence-electron chi connectivity index (χ1n) is 5.37. The molecule has 76 valence electrons. The smallest absolute Gasteiger partial charge is 0.0606 e. The molecule has 1 aliphatic carbocycles. The lowest BCUT2D eigenvalue weighted by molar-refractivity contribution is 0.692. The van der Waals surface area contributed by atoms with Crippen LogP contribution in [0.15, 0.2) is 12.1 Å². The molecule has 1 heterocycles. The van der Waals surface area contributed by atoms with Crippen molar-refractivity contribution in [1.29, 1.82) is 0 Å².